The first-order chi connectivity index (χ1) is 15.3. The van der Waals surface area contributed by atoms with Crippen LogP contribution in [0.25, 0.3) is 10.4 Å². The lowest BCUT2D eigenvalue weighted by molar-refractivity contribution is -0.145. The van der Waals surface area contributed by atoms with Crippen LogP contribution in [0.5, 0.6) is 0 Å². The van der Waals surface area contributed by atoms with Gasteiger partial charge >= 0.3 is 5.97 Å². The molecule has 1 aliphatic rings. The molecule has 0 radical (unpaired) electrons. The summed E-state index contributed by atoms with van der Waals surface area (Å²) in [6.07, 6.45) is 0.192. The number of carbonyl (C=O) groups excluding carboxylic acids is 3. The fourth-order valence-corrected chi connectivity index (χ4v) is 3.63. The Bertz CT molecular complexity index is 840. The predicted molar refractivity (Wildman–Crippen MR) is 117 cm³/mol. The number of nitrogens with one attached hydrogen (secondary N) is 2. The minimum atomic E-state index is -0.905. The molecular weight excluding hydrogens is 414 g/mol. The maximum absolute atomic E-state index is 13.1. The molecule has 1 aromatic carbocycles. The zero-order chi connectivity index (χ0) is 23.7. The summed E-state index contributed by atoms with van der Waals surface area (Å²) in [6.45, 7) is 3.76. The molecule has 0 aliphatic heterocycles. The van der Waals surface area contributed by atoms with Crippen molar-refractivity contribution in [1.82, 2.24) is 10.6 Å². The van der Waals surface area contributed by atoms with Crippen LogP contribution in [0.4, 0.5) is 0 Å². The molecule has 0 saturated heterocycles. The molecule has 0 unspecified atom stereocenters. The summed E-state index contributed by atoms with van der Waals surface area (Å²) in [5, 5.41) is 18.9. The molecule has 0 aromatic heterocycles. The average molecular weight is 446 g/mol. The number of benzene rings is 1. The van der Waals surface area contributed by atoms with E-state index in [4.69, 9.17) is 10.3 Å². The van der Waals surface area contributed by atoms with Crippen LogP contribution in [-0.4, -0.2) is 54.7 Å². The van der Waals surface area contributed by atoms with Crippen molar-refractivity contribution < 1.29 is 24.2 Å². The van der Waals surface area contributed by atoms with E-state index in [1.54, 1.807) is 0 Å². The van der Waals surface area contributed by atoms with Gasteiger partial charge in [-0.2, -0.15) is 0 Å². The summed E-state index contributed by atoms with van der Waals surface area (Å²) in [4.78, 5) is 40.6. The Morgan fingerprint density at radius 1 is 1.22 bits per heavy atom. The van der Waals surface area contributed by atoms with E-state index in [2.05, 4.69) is 20.7 Å². The Hall–Kier alpha value is -3.10. The average Bonchev–Trinajstić information content (AvgIpc) is 3.57. The zero-order valence-electron chi connectivity index (χ0n) is 18.6. The van der Waals surface area contributed by atoms with Gasteiger partial charge in [-0.25, -0.2) is 4.79 Å². The van der Waals surface area contributed by atoms with Gasteiger partial charge in [0.25, 0.3) is 0 Å². The van der Waals surface area contributed by atoms with Crippen LogP contribution < -0.4 is 10.6 Å². The Labute approximate surface area is 187 Å². The zero-order valence-corrected chi connectivity index (χ0v) is 18.6. The first kappa shape index (κ1) is 25.2. The highest BCUT2D eigenvalue weighted by Gasteiger charge is 2.47. The van der Waals surface area contributed by atoms with Gasteiger partial charge in [0.2, 0.25) is 11.8 Å². The summed E-state index contributed by atoms with van der Waals surface area (Å²) < 4.78 is 4.81. The molecule has 174 valence electrons. The fraction of sp³-hybridized carbons (Fsp3) is 0.591. The molecule has 2 amide bonds. The second kappa shape index (κ2) is 12.1. The van der Waals surface area contributed by atoms with E-state index in [-0.39, 0.29) is 30.7 Å². The largest absolute Gasteiger partial charge is 0.467 e. The highest BCUT2D eigenvalue weighted by Crippen LogP contribution is 2.41. The molecule has 0 bridgehead atoms. The molecule has 10 nitrogen and oxygen atoms in total. The molecule has 1 aromatic rings. The van der Waals surface area contributed by atoms with Gasteiger partial charge in [0.15, 0.2) is 0 Å². The molecule has 3 N–H and O–H groups in total. The number of azide groups is 1. The first-order valence-electron chi connectivity index (χ1n) is 10.7. The van der Waals surface area contributed by atoms with Gasteiger partial charge in [0.05, 0.1) is 19.8 Å². The van der Waals surface area contributed by atoms with Gasteiger partial charge in [-0.05, 0) is 35.8 Å². The molecule has 0 spiro atoms. The van der Waals surface area contributed by atoms with Gasteiger partial charge in [-0.3, -0.25) is 9.59 Å². The number of methoxy groups -OCH3 is 1. The number of aliphatic hydroxyl groups excluding tert-OH is 1. The van der Waals surface area contributed by atoms with Crippen molar-refractivity contribution in [2.75, 3.05) is 13.7 Å². The normalized spacial score (nSPS) is 19.8. The van der Waals surface area contributed by atoms with Crippen molar-refractivity contribution >= 4 is 17.8 Å². The highest BCUT2D eigenvalue weighted by molar-refractivity contribution is 5.92. The third-order valence-corrected chi connectivity index (χ3v) is 5.43. The van der Waals surface area contributed by atoms with E-state index in [9.17, 15) is 19.5 Å². The standard InChI is InChI=1S/C22H31N5O5/c1-13(2)9-18(22(31)32-3)26-21(30)17(10-14-7-5-4-6-8-14)25-20(29)16-11-15(16)19(28)12-24-27-23/h4-8,13,15-19,28H,9-12H2,1-3H3,(H,25,29)(H,26,30)/t15-,16+,17+,18+,19+/m1/s1. The Morgan fingerprint density at radius 2 is 1.91 bits per heavy atom. The third-order valence-electron chi connectivity index (χ3n) is 5.43. The number of amides is 2. The van der Waals surface area contributed by atoms with Gasteiger partial charge in [-0.15, -0.1) is 0 Å². The van der Waals surface area contributed by atoms with Crippen molar-refractivity contribution in [3.05, 3.63) is 46.3 Å². The molecule has 1 aliphatic carbocycles. The maximum Gasteiger partial charge on any atom is 0.328 e. The van der Waals surface area contributed by atoms with Crippen LogP contribution in [0.15, 0.2) is 35.4 Å². The van der Waals surface area contributed by atoms with Crippen LogP contribution in [0, 0.1) is 17.8 Å². The SMILES string of the molecule is COC(=O)[C@H](CC(C)C)NC(=O)[C@H](Cc1ccccc1)NC(=O)[C@H]1C[C@H]1[C@@H](O)CN=[N+]=[N-]. The van der Waals surface area contributed by atoms with E-state index < -0.39 is 36.0 Å². The van der Waals surface area contributed by atoms with Gasteiger partial charge in [-0.1, -0.05) is 49.3 Å². The number of ether oxygens (including phenoxy) is 1. The summed E-state index contributed by atoms with van der Waals surface area (Å²) in [5.74, 6) is -2.01. The van der Waals surface area contributed by atoms with Crippen LogP contribution in [0.2, 0.25) is 0 Å². The van der Waals surface area contributed by atoms with E-state index >= 15 is 0 Å². The minimum absolute atomic E-state index is 0.102. The summed E-state index contributed by atoms with van der Waals surface area (Å²) in [6, 6.07) is 7.51. The molecule has 2 rings (SSSR count). The van der Waals surface area contributed by atoms with Gasteiger partial charge in [0, 0.05) is 17.3 Å². The molecule has 32 heavy (non-hydrogen) atoms. The molecule has 1 saturated carbocycles. The number of esters is 1. The van der Waals surface area contributed by atoms with Crippen molar-refractivity contribution in [2.24, 2.45) is 22.9 Å². The minimum Gasteiger partial charge on any atom is -0.467 e. The molecule has 0 heterocycles. The lowest BCUT2D eigenvalue weighted by Crippen LogP contribution is -2.53. The van der Waals surface area contributed by atoms with Crippen molar-refractivity contribution in [1.29, 1.82) is 0 Å². The Kier molecular flexibility index (Phi) is 9.49. The molecular formula is C22H31N5O5. The second-order valence-electron chi connectivity index (χ2n) is 8.45. The summed E-state index contributed by atoms with van der Waals surface area (Å²) in [7, 11) is 1.26. The quantitative estimate of drug-likeness (QED) is 0.193. The van der Waals surface area contributed by atoms with Crippen LogP contribution in [0.1, 0.15) is 32.3 Å². The third kappa shape index (κ3) is 7.55. The first-order valence-corrected chi connectivity index (χ1v) is 10.7. The lowest BCUT2D eigenvalue weighted by Gasteiger charge is -2.23. The molecule has 1 fully saturated rings. The van der Waals surface area contributed by atoms with Crippen LogP contribution in [0.3, 0.4) is 0 Å². The molecule has 5 atom stereocenters. The van der Waals surface area contributed by atoms with Crippen LogP contribution in [-0.2, 0) is 25.5 Å². The number of rotatable bonds is 12. The maximum atomic E-state index is 13.1. The van der Waals surface area contributed by atoms with E-state index in [0.717, 1.165) is 5.56 Å². The van der Waals surface area contributed by atoms with Gasteiger partial charge < -0.3 is 20.5 Å². The van der Waals surface area contributed by atoms with E-state index in [1.807, 2.05) is 44.2 Å². The Morgan fingerprint density at radius 3 is 2.50 bits per heavy atom. The number of hydrogen-bond donors (Lipinski definition) is 3. The van der Waals surface area contributed by atoms with E-state index in [0.29, 0.717) is 12.8 Å². The van der Waals surface area contributed by atoms with Crippen molar-refractivity contribution in [3.63, 3.8) is 0 Å². The number of aliphatic hydroxyl groups is 1. The highest BCUT2D eigenvalue weighted by atomic mass is 16.5. The predicted octanol–water partition coefficient (Wildman–Crippen LogP) is 1.73. The summed E-state index contributed by atoms with van der Waals surface area (Å²) in [5.41, 5.74) is 9.24. The Balaban J connectivity index is 2.10. The fourth-order valence-electron chi connectivity index (χ4n) is 3.63. The van der Waals surface area contributed by atoms with Crippen molar-refractivity contribution in [2.45, 2.75) is 51.3 Å². The van der Waals surface area contributed by atoms with Crippen molar-refractivity contribution in [3.8, 4) is 0 Å². The smallest absolute Gasteiger partial charge is 0.328 e. The summed E-state index contributed by atoms with van der Waals surface area (Å²) >= 11 is 0. The lowest BCUT2D eigenvalue weighted by atomic mass is 10.0. The second-order valence-corrected chi connectivity index (χ2v) is 8.45. The van der Waals surface area contributed by atoms with E-state index in [1.165, 1.54) is 7.11 Å². The van der Waals surface area contributed by atoms with Gasteiger partial charge in [0.1, 0.15) is 12.1 Å². The number of hydrogen-bond acceptors (Lipinski definition) is 6. The van der Waals surface area contributed by atoms with Crippen LogP contribution >= 0.6 is 0 Å². The number of nitrogens with zero attached hydrogens (tertiary/aromatic N) is 3. The topological polar surface area (TPSA) is 153 Å². The molecule has 10 heteroatoms. The monoisotopic (exact) mass is 445 g/mol. The number of carbonyl (C=O) groups is 3.